The van der Waals surface area contributed by atoms with E-state index in [1.165, 1.54) is 16.2 Å². The third-order valence-corrected chi connectivity index (χ3v) is 5.75. The summed E-state index contributed by atoms with van der Waals surface area (Å²) >= 11 is 1.46. The lowest BCUT2D eigenvalue weighted by atomic mass is 10.1. The number of hydrazine groups is 1. The number of nitrogens with zero attached hydrogens (tertiary/aromatic N) is 1. The lowest BCUT2D eigenvalue weighted by Crippen LogP contribution is -2.41. The van der Waals surface area contributed by atoms with Gasteiger partial charge < -0.3 is 0 Å². The van der Waals surface area contributed by atoms with E-state index in [1.54, 1.807) is 12.1 Å². The van der Waals surface area contributed by atoms with E-state index in [-0.39, 0.29) is 11.8 Å². The first kappa shape index (κ1) is 20.1. The van der Waals surface area contributed by atoms with Crippen LogP contribution in [-0.2, 0) is 13.0 Å². The SMILES string of the molecule is CCc1sc(C(=O)NNC(=O)c2ccc(CN(CC)CC)cc2)cc1C. The fraction of sp³-hybridized carbons (Fsp3) is 0.400. The summed E-state index contributed by atoms with van der Waals surface area (Å²) in [6.45, 7) is 11.2. The number of amides is 2. The minimum absolute atomic E-state index is 0.288. The highest BCUT2D eigenvalue weighted by Gasteiger charge is 2.13. The largest absolute Gasteiger partial charge is 0.300 e. The summed E-state index contributed by atoms with van der Waals surface area (Å²) in [5, 5.41) is 0. The second-order valence-electron chi connectivity index (χ2n) is 6.14. The molecule has 2 aromatic rings. The van der Waals surface area contributed by atoms with Crippen molar-refractivity contribution < 1.29 is 9.59 Å². The molecule has 2 amide bonds. The van der Waals surface area contributed by atoms with E-state index < -0.39 is 0 Å². The van der Waals surface area contributed by atoms with Crippen molar-refractivity contribution >= 4 is 23.2 Å². The lowest BCUT2D eigenvalue weighted by Gasteiger charge is -2.18. The molecule has 0 atom stereocenters. The normalized spacial score (nSPS) is 10.8. The molecule has 140 valence electrons. The molecule has 1 heterocycles. The molecule has 6 heteroatoms. The summed E-state index contributed by atoms with van der Waals surface area (Å²) in [6.07, 6.45) is 0.899. The summed E-state index contributed by atoms with van der Waals surface area (Å²) in [7, 11) is 0. The third kappa shape index (κ3) is 5.16. The minimum Gasteiger partial charge on any atom is -0.300 e. The number of nitrogens with one attached hydrogen (secondary N) is 2. The molecule has 0 aliphatic rings. The van der Waals surface area contributed by atoms with Gasteiger partial charge >= 0.3 is 0 Å². The van der Waals surface area contributed by atoms with Crippen LogP contribution in [0.1, 0.15) is 56.8 Å². The predicted octanol–water partition coefficient (Wildman–Crippen LogP) is 3.54. The number of carbonyl (C=O) groups is 2. The molecule has 26 heavy (non-hydrogen) atoms. The van der Waals surface area contributed by atoms with E-state index in [4.69, 9.17) is 0 Å². The van der Waals surface area contributed by atoms with Crippen LogP contribution in [0.3, 0.4) is 0 Å². The topological polar surface area (TPSA) is 61.4 Å². The van der Waals surface area contributed by atoms with Gasteiger partial charge in [0.25, 0.3) is 11.8 Å². The predicted molar refractivity (Wildman–Crippen MR) is 106 cm³/mol. The van der Waals surface area contributed by atoms with Crippen molar-refractivity contribution in [3.63, 3.8) is 0 Å². The van der Waals surface area contributed by atoms with Crippen LogP contribution in [0, 0.1) is 6.92 Å². The van der Waals surface area contributed by atoms with E-state index in [2.05, 4.69) is 36.5 Å². The quantitative estimate of drug-likeness (QED) is 0.730. The van der Waals surface area contributed by atoms with Crippen LogP contribution >= 0.6 is 11.3 Å². The van der Waals surface area contributed by atoms with Gasteiger partial charge in [0.1, 0.15) is 0 Å². The fourth-order valence-electron chi connectivity index (χ4n) is 2.70. The monoisotopic (exact) mass is 373 g/mol. The molecule has 0 fully saturated rings. The molecule has 0 unspecified atom stereocenters. The van der Waals surface area contributed by atoms with Gasteiger partial charge in [-0.3, -0.25) is 25.3 Å². The Hall–Kier alpha value is -2.18. The molecule has 0 aliphatic heterocycles. The van der Waals surface area contributed by atoms with Crippen molar-refractivity contribution in [2.45, 2.75) is 40.7 Å². The maximum atomic E-state index is 12.2. The molecule has 5 nitrogen and oxygen atoms in total. The Morgan fingerprint density at radius 2 is 1.62 bits per heavy atom. The van der Waals surface area contributed by atoms with Crippen LogP contribution in [0.4, 0.5) is 0 Å². The molecule has 0 saturated heterocycles. The number of benzene rings is 1. The number of aryl methyl sites for hydroxylation is 2. The van der Waals surface area contributed by atoms with E-state index >= 15 is 0 Å². The summed E-state index contributed by atoms with van der Waals surface area (Å²) in [5.41, 5.74) is 7.77. The zero-order chi connectivity index (χ0) is 19.1. The van der Waals surface area contributed by atoms with E-state index in [1.807, 2.05) is 25.1 Å². The molecule has 0 spiro atoms. The first-order valence-electron chi connectivity index (χ1n) is 8.99. The van der Waals surface area contributed by atoms with Crippen molar-refractivity contribution in [1.29, 1.82) is 0 Å². The van der Waals surface area contributed by atoms with Gasteiger partial charge in [-0.15, -0.1) is 11.3 Å². The van der Waals surface area contributed by atoms with E-state index in [0.29, 0.717) is 10.4 Å². The van der Waals surface area contributed by atoms with Crippen LogP contribution in [0.25, 0.3) is 0 Å². The maximum Gasteiger partial charge on any atom is 0.279 e. The standard InChI is InChI=1S/C20H27N3O2S/c1-5-17-14(4)12-18(26-17)20(25)22-21-19(24)16-10-8-15(9-11-16)13-23(6-2)7-3/h8-12H,5-7,13H2,1-4H3,(H,21,24)(H,22,25). The number of rotatable bonds is 7. The fourth-order valence-corrected chi connectivity index (χ4v) is 3.71. The van der Waals surface area contributed by atoms with Crippen molar-refractivity contribution in [2.75, 3.05) is 13.1 Å². The van der Waals surface area contributed by atoms with E-state index in [9.17, 15) is 9.59 Å². The average molecular weight is 374 g/mol. The van der Waals surface area contributed by atoms with Gasteiger partial charge in [-0.2, -0.15) is 0 Å². The zero-order valence-electron chi connectivity index (χ0n) is 15.9. The second kappa shape index (κ2) is 9.50. The van der Waals surface area contributed by atoms with Crippen LogP contribution in [0.15, 0.2) is 30.3 Å². The van der Waals surface area contributed by atoms with Crippen LogP contribution < -0.4 is 10.9 Å². The molecule has 1 aromatic carbocycles. The lowest BCUT2D eigenvalue weighted by molar-refractivity contribution is 0.0849. The average Bonchev–Trinajstić information content (AvgIpc) is 3.05. The zero-order valence-corrected chi connectivity index (χ0v) is 16.7. The minimum atomic E-state index is -0.322. The van der Waals surface area contributed by atoms with Crippen molar-refractivity contribution in [3.05, 3.63) is 56.8 Å². The van der Waals surface area contributed by atoms with Crippen LogP contribution in [0.5, 0.6) is 0 Å². The molecular formula is C20H27N3O2S. The van der Waals surface area contributed by atoms with Crippen LogP contribution in [0.2, 0.25) is 0 Å². The summed E-state index contributed by atoms with van der Waals surface area (Å²) in [5.74, 6) is -0.610. The molecule has 2 N–H and O–H groups in total. The number of hydrogen-bond donors (Lipinski definition) is 2. The van der Waals surface area contributed by atoms with Gasteiger partial charge in [-0.05, 0) is 55.8 Å². The van der Waals surface area contributed by atoms with Crippen LogP contribution in [-0.4, -0.2) is 29.8 Å². The number of thiophene rings is 1. The molecule has 0 saturated carbocycles. The van der Waals surface area contributed by atoms with Crippen molar-refractivity contribution in [3.8, 4) is 0 Å². The molecule has 0 radical (unpaired) electrons. The maximum absolute atomic E-state index is 12.2. The van der Waals surface area contributed by atoms with Crippen molar-refractivity contribution in [1.82, 2.24) is 15.8 Å². The molecule has 2 rings (SSSR count). The second-order valence-corrected chi connectivity index (χ2v) is 7.27. The highest BCUT2D eigenvalue weighted by molar-refractivity contribution is 7.14. The third-order valence-electron chi connectivity index (χ3n) is 4.37. The summed E-state index contributed by atoms with van der Waals surface area (Å²) in [4.78, 5) is 28.5. The molecule has 0 aliphatic carbocycles. The number of hydrogen-bond acceptors (Lipinski definition) is 4. The highest BCUT2D eigenvalue weighted by atomic mass is 32.1. The first-order chi connectivity index (χ1) is 12.5. The Balaban J connectivity index is 1.91. The van der Waals surface area contributed by atoms with Gasteiger partial charge in [0.15, 0.2) is 0 Å². The summed E-state index contributed by atoms with van der Waals surface area (Å²) in [6, 6.07) is 9.32. The van der Waals surface area contributed by atoms with Gasteiger partial charge in [0.2, 0.25) is 0 Å². The Bertz CT molecular complexity index is 749. The van der Waals surface area contributed by atoms with Gasteiger partial charge in [-0.1, -0.05) is 32.9 Å². The van der Waals surface area contributed by atoms with E-state index in [0.717, 1.165) is 37.2 Å². The van der Waals surface area contributed by atoms with Gasteiger partial charge in [0, 0.05) is 17.0 Å². The van der Waals surface area contributed by atoms with Gasteiger partial charge in [-0.25, -0.2) is 0 Å². The Morgan fingerprint density at radius 3 is 2.15 bits per heavy atom. The Morgan fingerprint density at radius 1 is 1.00 bits per heavy atom. The smallest absolute Gasteiger partial charge is 0.279 e. The molecule has 1 aromatic heterocycles. The van der Waals surface area contributed by atoms with Crippen molar-refractivity contribution in [2.24, 2.45) is 0 Å². The van der Waals surface area contributed by atoms with Gasteiger partial charge in [0.05, 0.1) is 4.88 Å². The highest BCUT2D eigenvalue weighted by Crippen LogP contribution is 2.22. The Labute approximate surface area is 159 Å². The number of carbonyl (C=O) groups excluding carboxylic acids is 2. The Kier molecular flexibility index (Phi) is 7.36. The first-order valence-corrected chi connectivity index (χ1v) is 9.81. The summed E-state index contributed by atoms with van der Waals surface area (Å²) < 4.78 is 0. The molecular weight excluding hydrogens is 346 g/mol. The molecule has 0 bridgehead atoms.